The summed E-state index contributed by atoms with van der Waals surface area (Å²) in [6, 6.07) is -3.03. The van der Waals surface area contributed by atoms with E-state index < -0.39 is 62.0 Å². The van der Waals surface area contributed by atoms with Crippen LogP contribution in [0.5, 0.6) is 0 Å². The van der Waals surface area contributed by atoms with Crippen LogP contribution < -0.4 is 16.0 Å². The molecule has 2 saturated carbocycles. The van der Waals surface area contributed by atoms with E-state index in [1.807, 2.05) is 13.8 Å². The van der Waals surface area contributed by atoms with Crippen molar-refractivity contribution < 1.29 is 37.1 Å². The highest BCUT2D eigenvalue weighted by Crippen LogP contribution is 2.65. The first kappa shape index (κ1) is 37.5. The zero-order valence-corrected chi connectivity index (χ0v) is 29.6. The molecule has 0 aromatic rings. The average Bonchev–Trinajstić information content (AvgIpc) is 3.26. The van der Waals surface area contributed by atoms with Crippen molar-refractivity contribution in [1.82, 2.24) is 20.9 Å². The van der Waals surface area contributed by atoms with Crippen LogP contribution in [-0.2, 0) is 33.8 Å². The number of ether oxygens (including phenoxy) is 1. The zero-order valence-electron chi connectivity index (χ0n) is 28.7. The lowest BCUT2D eigenvalue weighted by Crippen LogP contribution is -2.59. The first-order valence-electron chi connectivity index (χ1n) is 16.4. The van der Waals surface area contributed by atoms with Gasteiger partial charge in [0.25, 0.3) is 5.91 Å². The van der Waals surface area contributed by atoms with Crippen LogP contribution in [0, 0.1) is 23.2 Å². The van der Waals surface area contributed by atoms with Crippen LogP contribution in [0.15, 0.2) is 12.7 Å². The molecule has 12 nitrogen and oxygen atoms in total. The summed E-state index contributed by atoms with van der Waals surface area (Å²) in [5.74, 6) is -3.42. The van der Waals surface area contributed by atoms with Crippen molar-refractivity contribution in [2.24, 2.45) is 23.2 Å². The smallest absolute Gasteiger partial charge is 0.408 e. The molecule has 3 unspecified atom stereocenters. The zero-order chi connectivity index (χ0) is 34.8. The molecular formula is C33H54N4O8S. The lowest BCUT2D eigenvalue weighted by atomic mass is 9.83. The summed E-state index contributed by atoms with van der Waals surface area (Å²) in [5, 5.41) is 7.88. The van der Waals surface area contributed by atoms with Gasteiger partial charge < -0.3 is 25.6 Å². The summed E-state index contributed by atoms with van der Waals surface area (Å²) >= 11 is 0. The van der Waals surface area contributed by atoms with Crippen LogP contribution >= 0.6 is 0 Å². The Hall–Kier alpha value is -2.96. The fraction of sp³-hybridized carbons (Fsp3) is 0.788. The van der Waals surface area contributed by atoms with Crippen molar-refractivity contribution in [3.8, 4) is 0 Å². The van der Waals surface area contributed by atoms with Crippen molar-refractivity contribution in [3.05, 3.63) is 12.7 Å². The molecule has 3 aliphatic rings. The molecule has 1 saturated heterocycles. The van der Waals surface area contributed by atoms with Gasteiger partial charge in [-0.2, -0.15) is 0 Å². The number of sulfone groups is 1. The number of ketones is 1. The van der Waals surface area contributed by atoms with Crippen LogP contribution in [0.1, 0.15) is 93.9 Å². The minimum absolute atomic E-state index is 0.0403. The van der Waals surface area contributed by atoms with Gasteiger partial charge in [-0.05, 0) is 84.0 Å². The number of rotatable bonds is 12. The summed E-state index contributed by atoms with van der Waals surface area (Å²) in [6.07, 6.45) is 5.11. The van der Waals surface area contributed by atoms with Gasteiger partial charge >= 0.3 is 6.09 Å². The number of hydrogen-bond donors (Lipinski definition) is 3. The Morgan fingerprint density at radius 2 is 1.61 bits per heavy atom. The monoisotopic (exact) mass is 666 g/mol. The number of amides is 4. The van der Waals surface area contributed by atoms with Crippen LogP contribution in [0.2, 0.25) is 0 Å². The largest absolute Gasteiger partial charge is 0.444 e. The Kier molecular flexibility index (Phi) is 11.4. The lowest BCUT2D eigenvalue weighted by Gasteiger charge is -2.37. The maximum absolute atomic E-state index is 14.2. The van der Waals surface area contributed by atoms with Gasteiger partial charge in [-0.15, -0.1) is 6.58 Å². The summed E-state index contributed by atoms with van der Waals surface area (Å²) in [7, 11) is -3.52. The average molecular weight is 667 g/mol. The molecule has 0 bridgehead atoms. The SMILES string of the molecule is C=CCC(NC(=O)[C@@H]1C2[C@H](CN1C(=O)C(NC(=O)OC(C)(C)C)C1CCCCC1)C2(C)C)C(=O)C(=O)NCCS(=O)(=O)C(C)(C)C. The van der Waals surface area contributed by atoms with Gasteiger partial charge in [-0.25, -0.2) is 13.2 Å². The molecule has 5 atom stereocenters. The van der Waals surface area contributed by atoms with E-state index in [-0.39, 0.29) is 47.8 Å². The third-order valence-electron chi connectivity index (χ3n) is 9.67. The fourth-order valence-electron chi connectivity index (χ4n) is 6.78. The van der Waals surface area contributed by atoms with Crippen LogP contribution in [0.25, 0.3) is 0 Å². The Bertz CT molecular complexity index is 1310. The van der Waals surface area contributed by atoms with Gasteiger partial charge in [0.15, 0.2) is 9.84 Å². The van der Waals surface area contributed by atoms with E-state index in [4.69, 9.17) is 4.74 Å². The molecule has 4 amide bonds. The highest BCUT2D eigenvalue weighted by atomic mass is 32.2. The highest BCUT2D eigenvalue weighted by Gasteiger charge is 2.69. The molecule has 260 valence electrons. The maximum atomic E-state index is 14.2. The lowest BCUT2D eigenvalue weighted by molar-refractivity contribution is -0.145. The number of fused-ring (bicyclic) bond motifs is 1. The molecule has 0 spiro atoms. The van der Waals surface area contributed by atoms with E-state index in [1.54, 1.807) is 41.5 Å². The Balaban J connectivity index is 1.78. The predicted molar refractivity (Wildman–Crippen MR) is 174 cm³/mol. The number of likely N-dealkylation sites (tertiary alicyclic amines) is 1. The van der Waals surface area contributed by atoms with Gasteiger partial charge in [0.05, 0.1) is 10.5 Å². The van der Waals surface area contributed by atoms with E-state index in [1.165, 1.54) is 11.0 Å². The molecule has 0 aromatic heterocycles. The molecule has 0 radical (unpaired) electrons. The van der Waals surface area contributed by atoms with Crippen LogP contribution in [0.3, 0.4) is 0 Å². The van der Waals surface area contributed by atoms with Crippen LogP contribution in [0.4, 0.5) is 4.79 Å². The van der Waals surface area contributed by atoms with Crippen molar-refractivity contribution in [2.45, 2.75) is 122 Å². The summed E-state index contributed by atoms with van der Waals surface area (Å²) in [4.78, 5) is 68.5. The minimum atomic E-state index is -3.52. The van der Waals surface area contributed by atoms with Crippen LogP contribution in [-0.4, -0.2) is 90.2 Å². The Morgan fingerprint density at radius 3 is 2.15 bits per heavy atom. The van der Waals surface area contributed by atoms with Gasteiger partial charge in [-0.1, -0.05) is 39.2 Å². The Morgan fingerprint density at radius 1 is 1.00 bits per heavy atom. The number of carbonyl (C=O) groups excluding carboxylic acids is 5. The second-order valence-electron chi connectivity index (χ2n) is 15.5. The van der Waals surface area contributed by atoms with Crippen molar-refractivity contribution in [3.63, 3.8) is 0 Å². The topological polar surface area (TPSA) is 168 Å². The first-order chi connectivity index (χ1) is 21.1. The van der Waals surface area contributed by atoms with Gasteiger partial charge in [-0.3, -0.25) is 19.2 Å². The fourth-order valence-corrected chi connectivity index (χ4v) is 7.76. The molecule has 3 fully saturated rings. The highest BCUT2D eigenvalue weighted by molar-refractivity contribution is 7.92. The molecular weight excluding hydrogens is 612 g/mol. The number of piperidine rings is 1. The molecule has 1 aliphatic heterocycles. The molecule has 3 rings (SSSR count). The molecule has 0 aromatic carbocycles. The minimum Gasteiger partial charge on any atom is -0.444 e. The van der Waals surface area contributed by atoms with Gasteiger partial charge in [0.2, 0.25) is 17.6 Å². The van der Waals surface area contributed by atoms with E-state index in [2.05, 4.69) is 22.5 Å². The van der Waals surface area contributed by atoms with E-state index >= 15 is 0 Å². The number of nitrogens with zero attached hydrogens (tertiary/aromatic N) is 1. The molecule has 46 heavy (non-hydrogen) atoms. The Labute approximate surface area is 274 Å². The quantitative estimate of drug-likeness (QED) is 0.211. The second kappa shape index (κ2) is 14.0. The molecule has 2 aliphatic carbocycles. The summed E-state index contributed by atoms with van der Waals surface area (Å²) in [5.41, 5.74) is -0.975. The van der Waals surface area contributed by atoms with Crippen molar-refractivity contribution in [1.29, 1.82) is 0 Å². The van der Waals surface area contributed by atoms with E-state index in [0.717, 1.165) is 32.1 Å². The van der Waals surface area contributed by atoms with Gasteiger partial charge in [0.1, 0.15) is 23.7 Å². The third-order valence-corrected chi connectivity index (χ3v) is 12.3. The first-order valence-corrected chi connectivity index (χ1v) is 18.0. The number of hydrogen-bond acceptors (Lipinski definition) is 8. The summed E-state index contributed by atoms with van der Waals surface area (Å²) < 4.78 is 29.3. The molecule has 13 heteroatoms. The second-order valence-corrected chi connectivity index (χ2v) is 18.4. The number of Topliss-reactive ketones (excluding diaryl/α,β-unsaturated/α-hetero) is 1. The number of nitrogens with one attached hydrogen (secondary N) is 3. The van der Waals surface area contributed by atoms with Gasteiger partial charge in [0, 0.05) is 13.1 Å². The molecule has 3 N–H and O–H groups in total. The normalized spacial score (nSPS) is 24.2. The number of alkyl carbamates (subject to hydrolysis) is 1. The maximum Gasteiger partial charge on any atom is 0.408 e. The number of carbonyl (C=O) groups is 5. The summed E-state index contributed by atoms with van der Waals surface area (Å²) in [6.45, 7) is 17.7. The van der Waals surface area contributed by atoms with E-state index in [9.17, 15) is 32.4 Å². The third kappa shape index (κ3) is 8.68. The standard InChI is InChI=1S/C33H54N4O8S/c1-10-14-22(26(38)28(40)34-17-18-46(43,44)32(5,6)7)35-27(39)25-23-21(33(23,8)9)19-37(25)29(41)24(20-15-12-11-13-16-20)36-30(42)45-31(2,3)4/h10,20-25H,1,11-19H2,2-9H3,(H,34,40)(H,35,39)(H,36,42)/t21-,22?,23?,24?,25-/m0/s1. The van der Waals surface area contributed by atoms with Crippen molar-refractivity contribution >= 4 is 39.4 Å². The molecule has 1 heterocycles. The van der Waals surface area contributed by atoms with Crippen molar-refractivity contribution in [2.75, 3.05) is 18.8 Å². The predicted octanol–water partition coefficient (Wildman–Crippen LogP) is 2.90. The van der Waals surface area contributed by atoms with E-state index in [0.29, 0.717) is 6.54 Å².